The first-order valence-electron chi connectivity index (χ1n) is 7.86. The number of carboxylic acids is 1. The van der Waals surface area contributed by atoms with Crippen LogP contribution in [0, 0.1) is 6.92 Å². The molecule has 2 aromatic carbocycles. The maximum atomic E-state index is 12.6. The fourth-order valence-electron chi connectivity index (χ4n) is 2.30. The molecule has 1 aliphatic heterocycles. The van der Waals surface area contributed by atoms with Crippen LogP contribution in [0.25, 0.3) is 6.08 Å². The van der Waals surface area contributed by atoms with Crippen molar-refractivity contribution in [2.24, 2.45) is 0 Å². The number of aryl methyl sites for hydroxylation is 1. The van der Waals surface area contributed by atoms with Gasteiger partial charge in [0.25, 0.3) is 15.9 Å². The fourth-order valence-corrected chi connectivity index (χ4v) is 4.61. The minimum Gasteiger partial charge on any atom is -0.545 e. The molecule has 1 heterocycles. The van der Waals surface area contributed by atoms with E-state index in [0.29, 0.717) is 5.56 Å². The van der Waals surface area contributed by atoms with Gasteiger partial charge in [-0.3, -0.25) is 4.79 Å². The Kier molecular flexibility index (Phi) is 5.66. The van der Waals surface area contributed by atoms with Crippen LogP contribution < -0.4 is 9.94 Å². The second-order valence-electron chi connectivity index (χ2n) is 5.83. The van der Waals surface area contributed by atoms with Gasteiger partial charge in [-0.2, -0.15) is 0 Å². The van der Waals surface area contributed by atoms with Gasteiger partial charge in [0.05, 0.1) is 15.8 Å². The number of hydrogen-bond acceptors (Lipinski definition) is 7. The summed E-state index contributed by atoms with van der Waals surface area (Å²) in [7, 11) is -3.98. The number of sulfonamides is 1. The molecule has 0 aromatic heterocycles. The van der Waals surface area contributed by atoms with E-state index in [4.69, 9.17) is 12.2 Å². The van der Waals surface area contributed by atoms with Crippen LogP contribution in [0.5, 0.6) is 0 Å². The van der Waals surface area contributed by atoms with Crippen molar-refractivity contribution in [3.63, 3.8) is 0 Å². The van der Waals surface area contributed by atoms with E-state index in [1.54, 1.807) is 12.1 Å². The molecule has 3 rings (SSSR count). The minimum atomic E-state index is -3.98. The van der Waals surface area contributed by atoms with Crippen molar-refractivity contribution < 1.29 is 23.1 Å². The molecule has 1 aliphatic rings. The molecule has 0 bridgehead atoms. The van der Waals surface area contributed by atoms with Gasteiger partial charge >= 0.3 is 0 Å². The Balaban J connectivity index is 1.81. The zero-order valence-corrected chi connectivity index (χ0v) is 16.9. The van der Waals surface area contributed by atoms with Crippen LogP contribution in [-0.4, -0.2) is 29.6 Å². The second kappa shape index (κ2) is 7.84. The molecule has 0 atom stereocenters. The molecular weight excluding hydrogens is 420 g/mol. The van der Waals surface area contributed by atoms with Crippen LogP contribution in [0.3, 0.4) is 0 Å². The van der Waals surface area contributed by atoms with E-state index in [2.05, 4.69) is 4.83 Å². The van der Waals surface area contributed by atoms with Crippen molar-refractivity contribution in [1.29, 1.82) is 0 Å². The van der Waals surface area contributed by atoms with Crippen molar-refractivity contribution in [2.75, 3.05) is 0 Å². The van der Waals surface area contributed by atoms with Crippen LogP contribution in [0.1, 0.15) is 21.5 Å². The third kappa shape index (κ3) is 4.30. The number of hydrogen-bond donors (Lipinski definition) is 1. The number of aromatic carboxylic acids is 1. The predicted octanol–water partition coefficient (Wildman–Crippen LogP) is 1.45. The van der Waals surface area contributed by atoms with Crippen molar-refractivity contribution in [3.8, 4) is 0 Å². The summed E-state index contributed by atoms with van der Waals surface area (Å²) in [5.74, 6) is -1.92. The minimum absolute atomic E-state index is 0.00833. The molecule has 2 aromatic rings. The monoisotopic (exact) mass is 433 g/mol. The summed E-state index contributed by atoms with van der Waals surface area (Å²) >= 11 is 6.06. The zero-order chi connectivity index (χ0) is 20.5. The lowest BCUT2D eigenvalue weighted by Gasteiger charge is -2.16. The highest BCUT2D eigenvalue weighted by atomic mass is 32.2. The van der Waals surface area contributed by atoms with Crippen molar-refractivity contribution in [2.45, 2.75) is 11.8 Å². The summed E-state index contributed by atoms with van der Waals surface area (Å²) in [6.07, 6.45) is 1.50. The smallest absolute Gasteiger partial charge is 0.281 e. The van der Waals surface area contributed by atoms with E-state index in [1.807, 2.05) is 6.92 Å². The second-order valence-corrected chi connectivity index (χ2v) is 9.17. The number of thioether (sulfide) groups is 1. The number of nitrogens with one attached hydrogen (secondary N) is 1. The van der Waals surface area contributed by atoms with E-state index in [-0.39, 0.29) is 19.7 Å². The standard InChI is InChI=1S/C18H14N2O5S3/c1-11-2-8-14(9-3-11)28(24,25)19-20-16(21)15(27-18(20)26)10-12-4-6-13(7-5-12)17(22)23/h2-10,19H,1H3,(H,22,23)/p-1. The van der Waals surface area contributed by atoms with Crippen LogP contribution >= 0.6 is 24.0 Å². The number of carbonyl (C=O) groups excluding carboxylic acids is 2. The van der Waals surface area contributed by atoms with Gasteiger partial charge in [-0.05, 0) is 36.3 Å². The van der Waals surface area contributed by atoms with E-state index in [0.717, 1.165) is 22.3 Å². The molecule has 0 unspecified atom stereocenters. The molecule has 0 radical (unpaired) electrons. The van der Waals surface area contributed by atoms with Crippen molar-refractivity contribution in [1.82, 2.24) is 9.84 Å². The summed E-state index contributed by atoms with van der Waals surface area (Å²) in [5, 5.41) is 11.6. The topological polar surface area (TPSA) is 107 Å². The Morgan fingerprint density at radius 1 is 1.14 bits per heavy atom. The van der Waals surface area contributed by atoms with Crippen molar-refractivity contribution >= 4 is 56.3 Å². The zero-order valence-electron chi connectivity index (χ0n) is 14.4. The third-order valence-electron chi connectivity index (χ3n) is 3.78. The normalized spacial score (nSPS) is 16.0. The van der Waals surface area contributed by atoms with Crippen LogP contribution in [0.15, 0.2) is 58.3 Å². The van der Waals surface area contributed by atoms with Crippen LogP contribution in [0.2, 0.25) is 0 Å². The number of thiocarbonyl (C=S) groups is 1. The Morgan fingerprint density at radius 3 is 2.32 bits per heavy atom. The number of nitrogens with zero attached hydrogens (tertiary/aromatic N) is 1. The largest absolute Gasteiger partial charge is 0.545 e. The number of carboxylic acid groups (broad SMARTS) is 1. The number of rotatable bonds is 5. The number of carbonyl (C=O) groups is 2. The quantitative estimate of drug-likeness (QED) is 0.562. The Morgan fingerprint density at radius 2 is 1.75 bits per heavy atom. The van der Waals surface area contributed by atoms with Gasteiger partial charge < -0.3 is 9.90 Å². The molecule has 0 spiro atoms. The predicted molar refractivity (Wildman–Crippen MR) is 107 cm³/mol. The summed E-state index contributed by atoms with van der Waals surface area (Å²) in [5.41, 5.74) is 1.47. The highest BCUT2D eigenvalue weighted by Crippen LogP contribution is 2.32. The average molecular weight is 434 g/mol. The summed E-state index contributed by atoms with van der Waals surface area (Å²) in [4.78, 5) is 25.8. The fraction of sp³-hybridized carbons (Fsp3) is 0.0556. The molecule has 1 saturated heterocycles. The van der Waals surface area contributed by atoms with Gasteiger partial charge in [-0.25, -0.2) is 13.4 Å². The van der Waals surface area contributed by atoms with Gasteiger partial charge in [0.1, 0.15) is 0 Å². The first-order chi connectivity index (χ1) is 13.2. The molecule has 0 aliphatic carbocycles. The maximum Gasteiger partial charge on any atom is 0.281 e. The molecule has 10 heteroatoms. The molecule has 28 heavy (non-hydrogen) atoms. The highest BCUT2D eigenvalue weighted by molar-refractivity contribution is 8.26. The molecule has 1 N–H and O–H groups in total. The first-order valence-corrected chi connectivity index (χ1v) is 10.6. The van der Waals surface area contributed by atoms with Crippen molar-refractivity contribution in [3.05, 3.63) is 70.1 Å². The van der Waals surface area contributed by atoms with Gasteiger partial charge in [0, 0.05) is 0 Å². The molecular formula is C18H13N2O5S3-. The van der Waals surface area contributed by atoms with Gasteiger partial charge in [-0.15, -0.1) is 4.83 Å². The van der Waals surface area contributed by atoms with E-state index < -0.39 is 21.9 Å². The van der Waals surface area contributed by atoms with Crippen LogP contribution in [0.4, 0.5) is 0 Å². The lowest BCUT2D eigenvalue weighted by atomic mass is 10.1. The summed E-state index contributed by atoms with van der Waals surface area (Å²) in [6, 6.07) is 11.9. The molecule has 1 fully saturated rings. The van der Waals surface area contributed by atoms with Crippen LogP contribution in [-0.2, 0) is 14.8 Å². The highest BCUT2D eigenvalue weighted by Gasteiger charge is 2.35. The molecule has 1 amide bonds. The Hall–Kier alpha value is -2.53. The maximum absolute atomic E-state index is 12.6. The molecule has 7 nitrogen and oxygen atoms in total. The van der Waals surface area contributed by atoms with Gasteiger partial charge in [0.2, 0.25) is 0 Å². The third-order valence-corrected chi connectivity index (χ3v) is 6.40. The van der Waals surface area contributed by atoms with E-state index in [1.165, 1.54) is 42.5 Å². The Labute approximate surface area is 171 Å². The van der Waals surface area contributed by atoms with Gasteiger partial charge in [-0.1, -0.05) is 65.9 Å². The molecule has 144 valence electrons. The molecule has 0 saturated carbocycles. The van der Waals surface area contributed by atoms with E-state index in [9.17, 15) is 23.1 Å². The Bertz CT molecular complexity index is 1090. The summed E-state index contributed by atoms with van der Waals surface area (Å²) < 4.78 is 25.0. The first kappa shape index (κ1) is 20.2. The van der Waals surface area contributed by atoms with Gasteiger partial charge in [0.15, 0.2) is 4.32 Å². The average Bonchev–Trinajstić information content (AvgIpc) is 2.89. The summed E-state index contributed by atoms with van der Waals surface area (Å²) in [6.45, 7) is 1.83. The number of amides is 1. The van der Waals surface area contributed by atoms with E-state index >= 15 is 0 Å². The SMILES string of the molecule is Cc1ccc(S(=O)(=O)NN2C(=O)C(=Cc3ccc(C(=O)[O-])cc3)SC2=S)cc1. The number of benzene rings is 2. The lowest BCUT2D eigenvalue weighted by molar-refractivity contribution is -0.255. The lowest BCUT2D eigenvalue weighted by Crippen LogP contribution is -2.44. The number of hydrazine groups is 1.